The zero-order valence-electron chi connectivity index (χ0n) is 12.1. The lowest BCUT2D eigenvalue weighted by molar-refractivity contribution is -0.144. The minimum absolute atomic E-state index is 0.190. The molecule has 0 rings (SSSR count). The van der Waals surface area contributed by atoms with Gasteiger partial charge in [-0.3, -0.25) is 4.79 Å². The van der Waals surface area contributed by atoms with E-state index in [0.29, 0.717) is 26.2 Å². The van der Waals surface area contributed by atoms with Crippen molar-refractivity contribution in [2.24, 2.45) is 5.92 Å². The molecule has 0 aliphatic carbocycles. The van der Waals surface area contributed by atoms with E-state index in [1.165, 1.54) is 0 Å². The van der Waals surface area contributed by atoms with Crippen molar-refractivity contribution in [3.63, 3.8) is 0 Å². The first-order chi connectivity index (χ1) is 8.88. The van der Waals surface area contributed by atoms with Gasteiger partial charge < -0.3 is 19.9 Å². The summed E-state index contributed by atoms with van der Waals surface area (Å²) in [6, 6.07) is -0.870. The lowest BCUT2D eigenvalue weighted by atomic mass is 10.0. The SMILES string of the molecule is CCOCCOC(C)C(=O)N[C@@H](CC(C)C)C(=O)O. The molecule has 0 aliphatic heterocycles. The van der Waals surface area contributed by atoms with Crippen LogP contribution >= 0.6 is 0 Å². The molecule has 0 heterocycles. The van der Waals surface area contributed by atoms with Gasteiger partial charge in [-0.15, -0.1) is 0 Å². The first-order valence-corrected chi connectivity index (χ1v) is 6.61. The Kier molecular flexibility index (Phi) is 9.16. The van der Waals surface area contributed by atoms with E-state index < -0.39 is 24.0 Å². The summed E-state index contributed by atoms with van der Waals surface area (Å²) in [6.07, 6.45) is -0.290. The number of ether oxygens (including phenoxy) is 2. The van der Waals surface area contributed by atoms with Gasteiger partial charge in [0, 0.05) is 6.61 Å². The van der Waals surface area contributed by atoms with Crippen LogP contribution in [0.25, 0.3) is 0 Å². The molecular weight excluding hydrogens is 250 g/mol. The Morgan fingerprint density at radius 1 is 1.21 bits per heavy atom. The smallest absolute Gasteiger partial charge is 0.326 e. The molecule has 1 amide bonds. The third kappa shape index (κ3) is 8.56. The molecule has 0 saturated carbocycles. The Morgan fingerprint density at radius 2 is 1.84 bits per heavy atom. The van der Waals surface area contributed by atoms with Crippen LogP contribution in [0.2, 0.25) is 0 Å². The van der Waals surface area contributed by atoms with E-state index in [-0.39, 0.29) is 5.92 Å². The predicted octanol–water partition coefficient (Wildman–Crippen LogP) is 1.04. The number of carbonyl (C=O) groups excluding carboxylic acids is 1. The highest BCUT2D eigenvalue weighted by Gasteiger charge is 2.23. The highest BCUT2D eigenvalue weighted by molar-refractivity contribution is 5.86. The average Bonchev–Trinajstić information content (AvgIpc) is 2.32. The van der Waals surface area contributed by atoms with Crippen LogP contribution in [-0.4, -0.2) is 48.9 Å². The number of nitrogens with one attached hydrogen (secondary N) is 1. The normalized spacial score (nSPS) is 14.2. The van der Waals surface area contributed by atoms with E-state index in [1.807, 2.05) is 20.8 Å². The maximum absolute atomic E-state index is 11.8. The molecule has 19 heavy (non-hydrogen) atoms. The van der Waals surface area contributed by atoms with Crippen LogP contribution in [0.3, 0.4) is 0 Å². The number of hydrogen-bond donors (Lipinski definition) is 2. The van der Waals surface area contributed by atoms with Gasteiger partial charge in [0.25, 0.3) is 0 Å². The van der Waals surface area contributed by atoms with Gasteiger partial charge in [0.05, 0.1) is 13.2 Å². The second kappa shape index (κ2) is 9.75. The summed E-state index contributed by atoms with van der Waals surface area (Å²) >= 11 is 0. The minimum Gasteiger partial charge on any atom is -0.480 e. The first kappa shape index (κ1) is 17.9. The number of amides is 1. The van der Waals surface area contributed by atoms with Crippen molar-refractivity contribution in [2.75, 3.05) is 19.8 Å². The zero-order chi connectivity index (χ0) is 14.8. The van der Waals surface area contributed by atoms with E-state index in [1.54, 1.807) is 6.92 Å². The maximum Gasteiger partial charge on any atom is 0.326 e. The van der Waals surface area contributed by atoms with Crippen molar-refractivity contribution in [3.8, 4) is 0 Å². The van der Waals surface area contributed by atoms with Gasteiger partial charge in [-0.1, -0.05) is 13.8 Å². The zero-order valence-corrected chi connectivity index (χ0v) is 12.1. The molecule has 6 nitrogen and oxygen atoms in total. The van der Waals surface area contributed by atoms with Gasteiger partial charge in [-0.25, -0.2) is 4.79 Å². The summed E-state index contributed by atoms with van der Waals surface area (Å²) in [7, 11) is 0. The Labute approximate surface area is 114 Å². The summed E-state index contributed by atoms with van der Waals surface area (Å²) in [5, 5.41) is 11.5. The molecule has 0 aromatic heterocycles. The fourth-order valence-corrected chi connectivity index (χ4v) is 1.49. The quantitative estimate of drug-likeness (QED) is 0.582. The molecule has 0 radical (unpaired) electrons. The van der Waals surface area contributed by atoms with Crippen molar-refractivity contribution in [3.05, 3.63) is 0 Å². The van der Waals surface area contributed by atoms with Gasteiger partial charge >= 0.3 is 5.97 Å². The Bertz CT molecular complexity index is 280. The molecule has 0 fully saturated rings. The molecule has 0 bridgehead atoms. The number of carbonyl (C=O) groups is 2. The Hall–Kier alpha value is -1.14. The molecule has 0 aromatic rings. The lowest BCUT2D eigenvalue weighted by Crippen LogP contribution is -2.46. The Balaban J connectivity index is 4.12. The second-order valence-corrected chi connectivity index (χ2v) is 4.74. The summed E-state index contributed by atoms with van der Waals surface area (Å²) in [5.74, 6) is -1.25. The van der Waals surface area contributed by atoms with Gasteiger partial charge in [-0.2, -0.15) is 0 Å². The number of carboxylic acids is 1. The van der Waals surface area contributed by atoms with Crippen molar-refractivity contribution >= 4 is 11.9 Å². The number of rotatable bonds is 10. The second-order valence-electron chi connectivity index (χ2n) is 4.74. The third-order valence-corrected chi connectivity index (χ3v) is 2.49. The predicted molar refractivity (Wildman–Crippen MR) is 70.9 cm³/mol. The van der Waals surface area contributed by atoms with Gasteiger partial charge in [0.15, 0.2) is 0 Å². The average molecular weight is 275 g/mol. The van der Waals surface area contributed by atoms with Gasteiger partial charge in [-0.05, 0) is 26.2 Å². The molecule has 6 heteroatoms. The van der Waals surface area contributed by atoms with Gasteiger partial charge in [0.2, 0.25) is 5.91 Å². The standard InChI is InChI=1S/C13H25NO5/c1-5-18-6-7-19-10(4)12(15)14-11(13(16)17)8-9(2)3/h9-11H,5-8H2,1-4H3,(H,14,15)(H,16,17)/t10?,11-/m0/s1. The van der Waals surface area contributed by atoms with Crippen LogP contribution in [0.4, 0.5) is 0 Å². The third-order valence-electron chi connectivity index (χ3n) is 2.49. The lowest BCUT2D eigenvalue weighted by Gasteiger charge is -2.19. The fourth-order valence-electron chi connectivity index (χ4n) is 1.49. The highest BCUT2D eigenvalue weighted by Crippen LogP contribution is 2.05. The van der Waals surface area contributed by atoms with E-state index in [9.17, 15) is 9.59 Å². The van der Waals surface area contributed by atoms with Crippen molar-refractivity contribution in [2.45, 2.75) is 46.3 Å². The van der Waals surface area contributed by atoms with Crippen LogP contribution in [-0.2, 0) is 19.1 Å². The molecule has 2 N–H and O–H groups in total. The van der Waals surface area contributed by atoms with Crippen molar-refractivity contribution in [1.82, 2.24) is 5.32 Å². The van der Waals surface area contributed by atoms with Crippen molar-refractivity contribution in [1.29, 1.82) is 0 Å². The summed E-state index contributed by atoms with van der Waals surface area (Å²) in [6.45, 7) is 8.61. The molecule has 0 aliphatic rings. The van der Waals surface area contributed by atoms with E-state index in [2.05, 4.69) is 5.32 Å². The molecule has 2 atom stereocenters. The molecule has 112 valence electrons. The fraction of sp³-hybridized carbons (Fsp3) is 0.846. The number of hydrogen-bond acceptors (Lipinski definition) is 4. The van der Waals surface area contributed by atoms with E-state index >= 15 is 0 Å². The number of aliphatic carboxylic acids is 1. The van der Waals surface area contributed by atoms with Crippen LogP contribution in [0, 0.1) is 5.92 Å². The number of carboxylic acid groups (broad SMARTS) is 1. The van der Waals surface area contributed by atoms with Crippen molar-refractivity contribution < 1.29 is 24.2 Å². The van der Waals surface area contributed by atoms with E-state index in [4.69, 9.17) is 14.6 Å². The molecule has 0 saturated heterocycles. The molecule has 0 spiro atoms. The largest absolute Gasteiger partial charge is 0.480 e. The Morgan fingerprint density at radius 3 is 2.32 bits per heavy atom. The molecule has 0 aromatic carbocycles. The summed E-state index contributed by atoms with van der Waals surface area (Å²) < 4.78 is 10.3. The van der Waals surface area contributed by atoms with Crippen LogP contribution in [0.15, 0.2) is 0 Å². The first-order valence-electron chi connectivity index (χ1n) is 6.61. The maximum atomic E-state index is 11.8. The molecular formula is C13H25NO5. The monoisotopic (exact) mass is 275 g/mol. The van der Waals surface area contributed by atoms with Crippen LogP contribution in [0.5, 0.6) is 0 Å². The van der Waals surface area contributed by atoms with Crippen LogP contribution < -0.4 is 5.32 Å². The summed E-state index contributed by atoms with van der Waals surface area (Å²) in [4.78, 5) is 22.8. The van der Waals surface area contributed by atoms with Gasteiger partial charge in [0.1, 0.15) is 12.1 Å². The molecule has 1 unspecified atom stereocenters. The van der Waals surface area contributed by atoms with Crippen LogP contribution in [0.1, 0.15) is 34.1 Å². The topological polar surface area (TPSA) is 84.9 Å². The highest BCUT2D eigenvalue weighted by atomic mass is 16.5. The van der Waals surface area contributed by atoms with E-state index in [0.717, 1.165) is 0 Å². The minimum atomic E-state index is -1.02. The summed E-state index contributed by atoms with van der Waals surface area (Å²) in [5.41, 5.74) is 0.